The molecule has 0 radical (unpaired) electrons. The molecule has 0 saturated carbocycles. The Labute approximate surface area is 88.5 Å². The first kappa shape index (κ1) is 7.47. The zero-order valence-corrected chi connectivity index (χ0v) is 8.33. The van der Waals surface area contributed by atoms with Crippen LogP contribution in [0.2, 0.25) is 0 Å². The van der Waals surface area contributed by atoms with Crippen molar-refractivity contribution in [2.24, 2.45) is 0 Å². The molecule has 0 heterocycles. The molecule has 0 aliphatic heterocycles. The molecule has 15 heavy (non-hydrogen) atoms. The van der Waals surface area contributed by atoms with Crippen molar-refractivity contribution in [2.75, 3.05) is 0 Å². The lowest BCUT2D eigenvalue weighted by Crippen LogP contribution is -1.77. The van der Waals surface area contributed by atoms with Crippen LogP contribution in [0.25, 0.3) is 21.9 Å². The maximum absolute atomic E-state index is 2.34. The maximum atomic E-state index is 2.34. The third-order valence-corrected chi connectivity index (χ3v) is 3.42. The van der Waals surface area contributed by atoms with E-state index in [4.69, 9.17) is 0 Å². The van der Waals surface area contributed by atoms with E-state index in [0.29, 0.717) is 0 Å². The van der Waals surface area contributed by atoms with Gasteiger partial charge in [0.05, 0.1) is 0 Å². The molecule has 0 fully saturated rings. The molecule has 0 nitrogen and oxygen atoms in total. The smallest absolute Gasteiger partial charge is 0.00266 e. The molecule has 4 rings (SSSR count). The Morgan fingerprint density at radius 2 is 1.33 bits per heavy atom. The van der Waals surface area contributed by atoms with Gasteiger partial charge in [-0.25, -0.2) is 0 Å². The van der Waals surface area contributed by atoms with Crippen LogP contribution in [0.3, 0.4) is 0 Å². The van der Waals surface area contributed by atoms with Gasteiger partial charge in [-0.3, -0.25) is 0 Å². The average Bonchev–Trinajstić information content (AvgIpc) is 2.84. The molecule has 0 saturated heterocycles. The van der Waals surface area contributed by atoms with Crippen LogP contribution in [0.5, 0.6) is 0 Å². The number of allylic oxidation sites excluding steroid dienone is 4. The molecule has 2 aliphatic carbocycles. The molecule has 0 spiro atoms. The SMILES string of the molecule is C1=C2C(=CC1)c1cccc3cccc2c13. The third kappa shape index (κ3) is 0.782. The average molecular weight is 190 g/mol. The summed E-state index contributed by atoms with van der Waals surface area (Å²) in [6, 6.07) is 13.2. The summed E-state index contributed by atoms with van der Waals surface area (Å²) in [7, 11) is 0. The van der Waals surface area contributed by atoms with Crippen molar-refractivity contribution in [2.45, 2.75) is 6.42 Å². The summed E-state index contributed by atoms with van der Waals surface area (Å²) in [5.41, 5.74) is 5.74. The number of benzene rings is 2. The topological polar surface area (TPSA) is 0 Å². The van der Waals surface area contributed by atoms with E-state index in [1.54, 1.807) is 0 Å². The van der Waals surface area contributed by atoms with Crippen molar-refractivity contribution < 1.29 is 0 Å². The molecule has 70 valence electrons. The summed E-state index contributed by atoms with van der Waals surface area (Å²) in [6.45, 7) is 0. The first-order valence-corrected chi connectivity index (χ1v) is 5.38. The molecule has 0 unspecified atom stereocenters. The summed E-state index contributed by atoms with van der Waals surface area (Å²) < 4.78 is 0. The highest BCUT2D eigenvalue weighted by molar-refractivity contribution is 6.23. The van der Waals surface area contributed by atoms with Gasteiger partial charge in [0.1, 0.15) is 0 Å². The fraction of sp³-hybridized carbons (Fsp3) is 0.0667. The fourth-order valence-electron chi connectivity index (χ4n) is 2.81. The highest BCUT2D eigenvalue weighted by atomic mass is 14.3. The third-order valence-electron chi connectivity index (χ3n) is 3.42. The van der Waals surface area contributed by atoms with E-state index in [2.05, 4.69) is 48.6 Å². The Bertz CT molecular complexity index is 589. The minimum atomic E-state index is 1.09. The van der Waals surface area contributed by atoms with Gasteiger partial charge in [-0.1, -0.05) is 48.6 Å². The fourth-order valence-corrected chi connectivity index (χ4v) is 2.81. The summed E-state index contributed by atoms with van der Waals surface area (Å²) in [5.74, 6) is 0. The van der Waals surface area contributed by atoms with Crippen molar-refractivity contribution in [1.29, 1.82) is 0 Å². The Balaban J connectivity index is 2.30. The zero-order chi connectivity index (χ0) is 9.83. The largest absolute Gasteiger partial charge is 0.0722 e. The van der Waals surface area contributed by atoms with Gasteiger partial charge in [-0.05, 0) is 39.5 Å². The van der Waals surface area contributed by atoms with Crippen molar-refractivity contribution in [1.82, 2.24) is 0 Å². The van der Waals surface area contributed by atoms with Crippen LogP contribution in [0, 0.1) is 0 Å². The van der Waals surface area contributed by atoms with Gasteiger partial charge < -0.3 is 0 Å². The number of hydrogen-bond acceptors (Lipinski definition) is 0. The molecule has 0 N–H and O–H groups in total. The van der Waals surface area contributed by atoms with Gasteiger partial charge in [-0.15, -0.1) is 0 Å². The highest BCUT2D eigenvalue weighted by Gasteiger charge is 2.24. The summed E-state index contributed by atoms with van der Waals surface area (Å²) in [5, 5.41) is 2.80. The number of hydrogen-bond donors (Lipinski definition) is 0. The standard InChI is InChI=1S/C15H10/c1-4-10-5-2-9-14-12-7-3-6-11(12)13(8-1)15(10)14/h1-2,4-9H,3H2. The van der Waals surface area contributed by atoms with Gasteiger partial charge in [0.25, 0.3) is 0 Å². The molecule has 0 bridgehead atoms. The Kier molecular flexibility index (Phi) is 1.20. The minimum absolute atomic E-state index is 1.09. The first-order valence-electron chi connectivity index (χ1n) is 5.38. The van der Waals surface area contributed by atoms with Crippen LogP contribution < -0.4 is 0 Å². The number of rotatable bonds is 0. The van der Waals surface area contributed by atoms with E-state index < -0.39 is 0 Å². The normalized spacial score (nSPS) is 16.5. The molecular weight excluding hydrogens is 180 g/mol. The van der Waals surface area contributed by atoms with Crippen LogP contribution in [0.15, 0.2) is 48.6 Å². The van der Waals surface area contributed by atoms with E-state index in [-0.39, 0.29) is 0 Å². The predicted molar refractivity (Wildman–Crippen MR) is 64.5 cm³/mol. The van der Waals surface area contributed by atoms with Crippen LogP contribution in [0.1, 0.15) is 17.5 Å². The quantitative estimate of drug-likeness (QED) is 0.588. The Hall–Kier alpha value is -1.82. The molecule has 2 aromatic rings. The lowest BCUT2D eigenvalue weighted by atomic mass is 10.0. The van der Waals surface area contributed by atoms with E-state index in [1.807, 2.05) is 0 Å². The van der Waals surface area contributed by atoms with Gasteiger partial charge >= 0.3 is 0 Å². The van der Waals surface area contributed by atoms with Crippen LogP contribution in [-0.2, 0) is 0 Å². The molecule has 0 amide bonds. The van der Waals surface area contributed by atoms with Gasteiger partial charge in [0.2, 0.25) is 0 Å². The van der Waals surface area contributed by atoms with E-state index in [0.717, 1.165) is 6.42 Å². The predicted octanol–water partition coefficient (Wildman–Crippen LogP) is 4.02. The molecule has 2 aliphatic rings. The van der Waals surface area contributed by atoms with Crippen molar-refractivity contribution in [3.8, 4) is 0 Å². The van der Waals surface area contributed by atoms with Crippen LogP contribution in [-0.4, -0.2) is 0 Å². The van der Waals surface area contributed by atoms with Gasteiger partial charge in [0.15, 0.2) is 0 Å². The molecule has 0 atom stereocenters. The van der Waals surface area contributed by atoms with Crippen molar-refractivity contribution in [3.63, 3.8) is 0 Å². The van der Waals surface area contributed by atoms with E-state index >= 15 is 0 Å². The van der Waals surface area contributed by atoms with Gasteiger partial charge in [0, 0.05) is 0 Å². The van der Waals surface area contributed by atoms with Crippen LogP contribution >= 0.6 is 0 Å². The monoisotopic (exact) mass is 190 g/mol. The number of fused-ring (bicyclic) bond motifs is 3. The maximum Gasteiger partial charge on any atom is -0.00266 e. The summed E-state index contributed by atoms with van der Waals surface area (Å²) in [6.07, 6.45) is 5.77. The second-order valence-corrected chi connectivity index (χ2v) is 4.18. The summed E-state index contributed by atoms with van der Waals surface area (Å²) in [4.78, 5) is 0. The molecule has 2 aromatic carbocycles. The summed E-state index contributed by atoms with van der Waals surface area (Å²) >= 11 is 0. The highest BCUT2D eigenvalue weighted by Crippen LogP contribution is 2.47. The second-order valence-electron chi connectivity index (χ2n) is 4.18. The van der Waals surface area contributed by atoms with E-state index in [1.165, 1.54) is 33.0 Å². The lowest BCUT2D eigenvalue weighted by molar-refractivity contribution is 1.45. The molecule has 0 aromatic heterocycles. The lowest BCUT2D eigenvalue weighted by Gasteiger charge is -2.00. The second kappa shape index (κ2) is 2.40. The van der Waals surface area contributed by atoms with E-state index in [9.17, 15) is 0 Å². The van der Waals surface area contributed by atoms with Crippen LogP contribution in [0.4, 0.5) is 0 Å². The zero-order valence-electron chi connectivity index (χ0n) is 8.33. The first-order chi connectivity index (χ1) is 7.45. The Morgan fingerprint density at radius 3 is 1.93 bits per heavy atom. The van der Waals surface area contributed by atoms with Crippen molar-refractivity contribution >= 4 is 21.9 Å². The van der Waals surface area contributed by atoms with Gasteiger partial charge in [-0.2, -0.15) is 0 Å². The molecular formula is C15H10. The minimum Gasteiger partial charge on any atom is -0.0722 e. The molecule has 0 heteroatoms. The van der Waals surface area contributed by atoms with Crippen molar-refractivity contribution in [3.05, 3.63) is 59.7 Å². The Morgan fingerprint density at radius 1 is 0.733 bits per heavy atom.